The third-order valence-electron chi connectivity index (χ3n) is 3.17. The molecule has 1 unspecified atom stereocenters. The molecule has 0 heterocycles. The second-order valence-corrected chi connectivity index (χ2v) is 4.56. The molecule has 1 rings (SSSR count). The number of rotatable bonds is 3. The first-order chi connectivity index (χ1) is 8.10. The van der Waals surface area contributed by atoms with Crippen molar-refractivity contribution in [1.29, 1.82) is 0 Å². The molecule has 0 aromatic carbocycles. The van der Waals surface area contributed by atoms with E-state index in [1.807, 2.05) is 0 Å². The summed E-state index contributed by atoms with van der Waals surface area (Å²) in [5.74, 6) is -1.36. The predicted octanol–water partition coefficient (Wildman–Crippen LogP) is 2.62. The molecule has 2 N–H and O–H groups in total. The Balaban J connectivity index is 2.28. The van der Waals surface area contributed by atoms with Gasteiger partial charge in [0.1, 0.15) is 0 Å². The lowest BCUT2D eigenvalue weighted by Gasteiger charge is -2.31. The van der Waals surface area contributed by atoms with Crippen LogP contribution in [0.4, 0.5) is 26.3 Å². The van der Waals surface area contributed by atoms with Gasteiger partial charge in [0, 0.05) is 12.6 Å². The van der Waals surface area contributed by atoms with E-state index < -0.39 is 30.9 Å². The molecule has 0 aromatic heterocycles. The summed E-state index contributed by atoms with van der Waals surface area (Å²) in [5.41, 5.74) is 0. The quantitative estimate of drug-likeness (QED) is 0.778. The summed E-state index contributed by atoms with van der Waals surface area (Å²) in [6, 6.07) is -0.388. The minimum Gasteiger partial charge on any atom is -0.382 e. The Morgan fingerprint density at radius 1 is 1.00 bits per heavy atom. The lowest BCUT2D eigenvalue weighted by Crippen LogP contribution is -2.44. The smallest absolute Gasteiger partial charge is 0.382 e. The topological polar surface area (TPSA) is 32.3 Å². The van der Waals surface area contributed by atoms with Crippen LogP contribution < -0.4 is 5.32 Å². The highest BCUT2D eigenvalue weighted by Gasteiger charge is 2.42. The molecule has 0 saturated heterocycles. The van der Waals surface area contributed by atoms with E-state index in [-0.39, 0.29) is 31.7 Å². The maximum atomic E-state index is 12.3. The number of alkyl halides is 6. The van der Waals surface area contributed by atoms with E-state index in [1.165, 1.54) is 0 Å². The molecular formula is C10H15F6NO. The minimum atomic E-state index is -4.70. The molecule has 0 aromatic rings. The monoisotopic (exact) mass is 279 g/mol. The van der Waals surface area contributed by atoms with Crippen molar-refractivity contribution in [2.75, 3.05) is 6.54 Å². The molecule has 0 spiro atoms. The Morgan fingerprint density at radius 2 is 1.50 bits per heavy atom. The number of hydrogen-bond donors (Lipinski definition) is 2. The molecule has 1 fully saturated rings. The van der Waals surface area contributed by atoms with Crippen molar-refractivity contribution < 1.29 is 31.4 Å². The van der Waals surface area contributed by atoms with Gasteiger partial charge in [0.05, 0.1) is 5.92 Å². The summed E-state index contributed by atoms with van der Waals surface area (Å²) in [5, 5.41) is 11.2. The maximum Gasteiger partial charge on any atom is 0.415 e. The van der Waals surface area contributed by atoms with Gasteiger partial charge >= 0.3 is 12.4 Å². The second kappa shape index (κ2) is 5.64. The van der Waals surface area contributed by atoms with Crippen molar-refractivity contribution in [2.24, 2.45) is 5.92 Å². The van der Waals surface area contributed by atoms with Crippen LogP contribution in [0.15, 0.2) is 0 Å². The van der Waals surface area contributed by atoms with E-state index in [9.17, 15) is 26.3 Å². The fourth-order valence-electron chi connectivity index (χ4n) is 2.02. The Labute approximate surface area is 100 Å². The fraction of sp³-hybridized carbons (Fsp3) is 1.00. The first-order valence-corrected chi connectivity index (χ1v) is 5.65. The lowest BCUT2D eigenvalue weighted by molar-refractivity contribution is -0.202. The number of aliphatic hydroxyl groups is 1. The molecule has 2 nitrogen and oxygen atoms in total. The molecule has 0 bridgehead atoms. The zero-order valence-corrected chi connectivity index (χ0v) is 9.48. The fourth-order valence-corrected chi connectivity index (χ4v) is 2.02. The largest absolute Gasteiger partial charge is 0.415 e. The van der Waals surface area contributed by atoms with Crippen LogP contribution in [0.2, 0.25) is 0 Å². The number of nitrogens with one attached hydrogen (secondary N) is 1. The van der Waals surface area contributed by atoms with Crippen molar-refractivity contribution in [3.8, 4) is 0 Å². The van der Waals surface area contributed by atoms with E-state index >= 15 is 0 Å². The van der Waals surface area contributed by atoms with Crippen LogP contribution in [0.5, 0.6) is 0 Å². The van der Waals surface area contributed by atoms with Crippen LogP contribution in [-0.4, -0.2) is 36.1 Å². The summed E-state index contributed by atoms with van der Waals surface area (Å²) in [7, 11) is 0. The Kier molecular flexibility index (Phi) is 4.88. The molecule has 18 heavy (non-hydrogen) atoms. The standard InChI is InChI=1S/C10H15F6NO/c11-9(12,13)6-1-3-7(4-2-6)17-5-8(18)10(14,15)16/h6-8,17-18H,1-5H2. The number of halogens is 6. The molecule has 1 aliphatic rings. The average Bonchev–Trinajstić information content (AvgIpc) is 2.24. The molecule has 0 amide bonds. The molecule has 108 valence electrons. The summed E-state index contributed by atoms with van der Waals surface area (Å²) >= 11 is 0. The highest BCUT2D eigenvalue weighted by Crippen LogP contribution is 2.37. The van der Waals surface area contributed by atoms with Gasteiger partial charge in [-0.25, -0.2) is 0 Å². The highest BCUT2D eigenvalue weighted by atomic mass is 19.4. The zero-order valence-electron chi connectivity index (χ0n) is 9.48. The Hall–Kier alpha value is -0.500. The van der Waals surface area contributed by atoms with Crippen LogP contribution >= 0.6 is 0 Å². The lowest BCUT2D eigenvalue weighted by atomic mass is 9.85. The molecule has 0 aliphatic heterocycles. The molecule has 8 heteroatoms. The first-order valence-electron chi connectivity index (χ1n) is 5.65. The molecule has 0 radical (unpaired) electrons. The van der Waals surface area contributed by atoms with Gasteiger partial charge in [-0.3, -0.25) is 0 Å². The van der Waals surface area contributed by atoms with Crippen molar-refractivity contribution in [3.05, 3.63) is 0 Å². The van der Waals surface area contributed by atoms with Crippen molar-refractivity contribution >= 4 is 0 Å². The Bertz CT molecular complexity index is 256. The van der Waals surface area contributed by atoms with Gasteiger partial charge in [0.25, 0.3) is 0 Å². The predicted molar refractivity (Wildman–Crippen MR) is 51.9 cm³/mol. The van der Waals surface area contributed by atoms with Gasteiger partial charge < -0.3 is 10.4 Å². The van der Waals surface area contributed by atoms with Crippen LogP contribution in [-0.2, 0) is 0 Å². The van der Waals surface area contributed by atoms with Crippen LogP contribution in [0.1, 0.15) is 25.7 Å². The third kappa shape index (κ3) is 4.64. The van der Waals surface area contributed by atoms with Crippen molar-refractivity contribution in [2.45, 2.75) is 50.2 Å². The van der Waals surface area contributed by atoms with E-state index in [2.05, 4.69) is 5.32 Å². The summed E-state index contributed by atoms with van der Waals surface area (Å²) in [6.45, 7) is -0.676. The van der Waals surface area contributed by atoms with E-state index in [1.54, 1.807) is 0 Å². The third-order valence-corrected chi connectivity index (χ3v) is 3.17. The zero-order chi connectivity index (χ0) is 14.0. The molecule has 1 saturated carbocycles. The van der Waals surface area contributed by atoms with E-state index in [0.29, 0.717) is 0 Å². The number of aliphatic hydroxyl groups excluding tert-OH is 1. The molecule has 1 atom stereocenters. The second-order valence-electron chi connectivity index (χ2n) is 4.56. The number of hydrogen-bond acceptors (Lipinski definition) is 2. The average molecular weight is 279 g/mol. The van der Waals surface area contributed by atoms with E-state index in [4.69, 9.17) is 5.11 Å². The maximum absolute atomic E-state index is 12.3. The summed E-state index contributed by atoms with van der Waals surface area (Å²) in [6.07, 6.45) is -11.2. The SMILES string of the molecule is OC(CNC1CCC(C(F)(F)F)CC1)C(F)(F)F. The highest BCUT2D eigenvalue weighted by molar-refractivity contribution is 4.82. The summed E-state index contributed by atoms with van der Waals surface area (Å²) < 4.78 is 72.9. The molecule has 1 aliphatic carbocycles. The van der Waals surface area contributed by atoms with Gasteiger partial charge in [-0.05, 0) is 25.7 Å². The Morgan fingerprint density at radius 3 is 1.89 bits per heavy atom. The van der Waals surface area contributed by atoms with Crippen LogP contribution in [0, 0.1) is 5.92 Å². The van der Waals surface area contributed by atoms with Crippen LogP contribution in [0.25, 0.3) is 0 Å². The van der Waals surface area contributed by atoms with Crippen molar-refractivity contribution in [1.82, 2.24) is 5.32 Å². The normalized spacial score (nSPS) is 28.2. The van der Waals surface area contributed by atoms with E-state index in [0.717, 1.165) is 0 Å². The summed E-state index contributed by atoms with van der Waals surface area (Å²) in [4.78, 5) is 0. The van der Waals surface area contributed by atoms with Gasteiger partial charge in [-0.2, -0.15) is 26.3 Å². The van der Waals surface area contributed by atoms with Crippen molar-refractivity contribution in [3.63, 3.8) is 0 Å². The van der Waals surface area contributed by atoms with Gasteiger partial charge in [-0.15, -0.1) is 0 Å². The van der Waals surface area contributed by atoms with Gasteiger partial charge in [0.15, 0.2) is 6.10 Å². The van der Waals surface area contributed by atoms with Gasteiger partial charge in [-0.1, -0.05) is 0 Å². The minimum absolute atomic E-state index is 0.0801. The molecular weight excluding hydrogens is 264 g/mol. The first kappa shape index (κ1) is 15.6. The van der Waals surface area contributed by atoms with Gasteiger partial charge in [0.2, 0.25) is 0 Å². The van der Waals surface area contributed by atoms with Crippen LogP contribution in [0.3, 0.4) is 0 Å².